The van der Waals surface area contributed by atoms with E-state index < -0.39 is 0 Å². The summed E-state index contributed by atoms with van der Waals surface area (Å²) in [5, 5.41) is 0. The summed E-state index contributed by atoms with van der Waals surface area (Å²) in [5.74, 6) is 0. The molecule has 0 saturated carbocycles. The summed E-state index contributed by atoms with van der Waals surface area (Å²) in [6.45, 7) is 1.57. The molecule has 0 bridgehead atoms. The van der Waals surface area contributed by atoms with E-state index in [-0.39, 0.29) is 0 Å². The highest BCUT2D eigenvalue weighted by molar-refractivity contribution is 5.02. The van der Waals surface area contributed by atoms with Crippen LogP contribution in [0.15, 0.2) is 18.3 Å². The Morgan fingerprint density at radius 3 is 3.00 bits per heavy atom. The first-order valence-electron chi connectivity index (χ1n) is 3.62. The fraction of sp³-hybridized carbons (Fsp3) is 0.500. The third-order valence-corrected chi connectivity index (χ3v) is 1.45. The molecule has 1 heterocycles. The average Bonchev–Trinajstić information content (AvgIpc) is 2.40. The highest BCUT2D eigenvalue weighted by atomic mass is 16.5. The van der Waals surface area contributed by atoms with E-state index in [9.17, 15) is 0 Å². The Hall–Kier alpha value is -0.800. The molecular weight excluding hydrogens is 140 g/mol. The Labute approximate surface area is 67.0 Å². The zero-order valence-corrected chi connectivity index (χ0v) is 7.00. The van der Waals surface area contributed by atoms with Crippen molar-refractivity contribution in [3.05, 3.63) is 24.0 Å². The van der Waals surface area contributed by atoms with Crippen molar-refractivity contribution in [2.24, 2.45) is 0 Å². The van der Waals surface area contributed by atoms with Crippen molar-refractivity contribution in [3.63, 3.8) is 0 Å². The number of aromatic amines is 1. The molecule has 0 unspecified atom stereocenters. The van der Waals surface area contributed by atoms with Gasteiger partial charge in [0.2, 0.25) is 0 Å². The first kappa shape index (κ1) is 8.30. The minimum absolute atomic E-state index is 0.666. The lowest BCUT2D eigenvalue weighted by Crippen LogP contribution is -2.20. The summed E-state index contributed by atoms with van der Waals surface area (Å²) < 4.78 is 4.96. The molecule has 0 amide bonds. The van der Waals surface area contributed by atoms with Gasteiger partial charge in [0.25, 0.3) is 0 Å². The van der Waals surface area contributed by atoms with Crippen LogP contribution in [0.3, 0.4) is 0 Å². The molecule has 62 valence electrons. The lowest BCUT2D eigenvalue weighted by molar-refractivity contribution is 0.0764. The van der Waals surface area contributed by atoms with Gasteiger partial charge in [0.1, 0.15) is 0 Å². The number of hydrogen-bond donors (Lipinski definition) is 1. The number of H-pyrrole nitrogens is 1. The maximum atomic E-state index is 4.96. The first-order valence-corrected chi connectivity index (χ1v) is 3.62. The molecule has 0 aliphatic heterocycles. The highest BCUT2D eigenvalue weighted by Crippen LogP contribution is 1.98. The van der Waals surface area contributed by atoms with Crippen LogP contribution in [0.4, 0.5) is 0 Å². The summed E-state index contributed by atoms with van der Waals surface area (Å²) >= 11 is 0. The van der Waals surface area contributed by atoms with Gasteiger partial charge in [0.05, 0.1) is 6.73 Å². The van der Waals surface area contributed by atoms with Gasteiger partial charge in [-0.25, -0.2) is 0 Å². The zero-order chi connectivity index (χ0) is 8.10. The molecule has 1 aromatic rings. The second kappa shape index (κ2) is 4.16. The van der Waals surface area contributed by atoms with Crippen molar-refractivity contribution < 1.29 is 4.74 Å². The van der Waals surface area contributed by atoms with Gasteiger partial charge >= 0.3 is 0 Å². The lowest BCUT2D eigenvalue weighted by atomic mass is 10.4. The van der Waals surface area contributed by atoms with E-state index in [1.165, 1.54) is 5.69 Å². The van der Waals surface area contributed by atoms with Gasteiger partial charge in [-0.05, 0) is 19.2 Å². The molecule has 0 saturated heterocycles. The van der Waals surface area contributed by atoms with Crippen LogP contribution in [0.1, 0.15) is 5.69 Å². The number of hydrogen-bond acceptors (Lipinski definition) is 2. The zero-order valence-electron chi connectivity index (χ0n) is 7.00. The molecule has 1 N–H and O–H groups in total. The van der Waals surface area contributed by atoms with E-state index in [0.29, 0.717) is 6.73 Å². The number of nitrogens with one attached hydrogen (secondary N) is 1. The molecule has 0 aliphatic carbocycles. The van der Waals surface area contributed by atoms with E-state index >= 15 is 0 Å². The van der Waals surface area contributed by atoms with Crippen LogP contribution >= 0.6 is 0 Å². The smallest absolute Gasteiger partial charge is 0.0987 e. The maximum Gasteiger partial charge on any atom is 0.0987 e. The summed E-state index contributed by atoms with van der Waals surface area (Å²) in [7, 11) is 3.72. The fourth-order valence-corrected chi connectivity index (χ4v) is 1.02. The minimum atomic E-state index is 0.666. The van der Waals surface area contributed by atoms with E-state index in [1.54, 1.807) is 7.11 Å². The van der Waals surface area contributed by atoms with Crippen molar-refractivity contribution in [3.8, 4) is 0 Å². The normalized spacial score (nSPS) is 10.8. The van der Waals surface area contributed by atoms with Crippen molar-refractivity contribution in [1.29, 1.82) is 0 Å². The SMILES string of the molecule is COCN(C)Cc1ccc[nH]1. The van der Waals surface area contributed by atoms with Gasteiger partial charge in [0, 0.05) is 25.5 Å². The minimum Gasteiger partial charge on any atom is -0.369 e. The lowest BCUT2D eigenvalue weighted by Gasteiger charge is -2.13. The molecule has 3 heteroatoms. The average molecular weight is 154 g/mol. The molecule has 1 aromatic heterocycles. The van der Waals surface area contributed by atoms with Crippen molar-refractivity contribution in [2.75, 3.05) is 20.9 Å². The molecule has 0 aromatic carbocycles. The van der Waals surface area contributed by atoms with Gasteiger partial charge in [0.15, 0.2) is 0 Å². The van der Waals surface area contributed by atoms with Crippen LogP contribution in [0.2, 0.25) is 0 Å². The Morgan fingerprint density at radius 1 is 1.64 bits per heavy atom. The summed E-state index contributed by atoms with van der Waals surface area (Å²) in [6, 6.07) is 4.06. The molecule has 1 rings (SSSR count). The van der Waals surface area contributed by atoms with Gasteiger partial charge in [-0.3, -0.25) is 4.90 Å². The van der Waals surface area contributed by atoms with Crippen molar-refractivity contribution in [1.82, 2.24) is 9.88 Å². The number of nitrogens with zero attached hydrogens (tertiary/aromatic N) is 1. The summed E-state index contributed by atoms with van der Waals surface area (Å²) in [5.41, 5.74) is 1.21. The molecule has 0 fully saturated rings. The third kappa shape index (κ3) is 2.74. The number of aromatic nitrogens is 1. The Bertz CT molecular complexity index is 184. The van der Waals surface area contributed by atoms with Crippen molar-refractivity contribution in [2.45, 2.75) is 6.54 Å². The maximum absolute atomic E-state index is 4.96. The molecule has 0 atom stereocenters. The van der Waals surface area contributed by atoms with Gasteiger partial charge in [-0.1, -0.05) is 0 Å². The Balaban J connectivity index is 2.31. The topological polar surface area (TPSA) is 28.3 Å². The molecule has 0 aliphatic rings. The highest BCUT2D eigenvalue weighted by Gasteiger charge is 1.97. The molecule has 0 spiro atoms. The summed E-state index contributed by atoms with van der Waals surface area (Å²) in [4.78, 5) is 5.22. The predicted molar refractivity (Wildman–Crippen MR) is 44.1 cm³/mol. The molecular formula is C8H14N2O. The Morgan fingerprint density at radius 2 is 2.45 bits per heavy atom. The van der Waals surface area contributed by atoms with Crippen LogP contribution in [0.25, 0.3) is 0 Å². The van der Waals surface area contributed by atoms with Crippen LogP contribution in [0.5, 0.6) is 0 Å². The van der Waals surface area contributed by atoms with Crippen LogP contribution in [-0.2, 0) is 11.3 Å². The van der Waals surface area contributed by atoms with Gasteiger partial charge in [-0.15, -0.1) is 0 Å². The number of methoxy groups -OCH3 is 1. The van der Waals surface area contributed by atoms with E-state index in [2.05, 4.69) is 16.0 Å². The quantitative estimate of drug-likeness (QED) is 0.656. The van der Waals surface area contributed by atoms with Crippen LogP contribution in [-0.4, -0.2) is 30.8 Å². The van der Waals surface area contributed by atoms with E-state index in [0.717, 1.165) is 6.54 Å². The molecule has 0 radical (unpaired) electrons. The van der Waals surface area contributed by atoms with E-state index in [4.69, 9.17) is 4.74 Å². The molecule has 11 heavy (non-hydrogen) atoms. The standard InChI is InChI=1S/C8H14N2O/c1-10(7-11-2)6-8-4-3-5-9-8/h3-5,9H,6-7H2,1-2H3. The second-order valence-corrected chi connectivity index (χ2v) is 2.63. The molecule has 3 nitrogen and oxygen atoms in total. The number of ether oxygens (including phenoxy) is 1. The van der Waals surface area contributed by atoms with Crippen LogP contribution in [0, 0.1) is 0 Å². The summed E-state index contributed by atoms with van der Waals surface area (Å²) in [6.07, 6.45) is 1.93. The second-order valence-electron chi connectivity index (χ2n) is 2.63. The number of rotatable bonds is 4. The van der Waals surface area contributed by atoms with Gasteiger partial charge < -0.3 is 9.72 Å². The van der Waals surface area contributed by atoms with Crippen molar-refractivity contribution >= 4 is 0 Å². The van der Waals surface area contributed by atoms with Gasteiger partial charge in [-0.2, -0.15) is 0 Å². The largest absolute Gasteiger partial charge is 0.369 e. The van der Waals surface area contributed by atoms with E-state index in [1.807, 2.05) is 19.3 Å². The fourth-order valence-electron chi connectivity index (χ4n) is 1.02. The van der Waals surface area contributed by atoms with Crippen LogP contribution < -0.4 is 0 Å². The monoisotopic (exact) mass is 154 g/mol. The predicted octanol–water partition coefficient (Wildman–Crippen LogP) is 1.05. The first-order chi connectivity index (χ1) is 5.33. The Kier molecular flexibility index (Phi) is 3.14. The third-order valence-electron chi connectivity index (χ3n) is 1.45.